The van der Waals surface area contributed by atoms with Gasteiger partial charge in [-0.2, -0.15) is 0 Å². The molecule has 2 rings (SSSR count). The van der Waals surface area contributed by atoms with Crippen molar-refractivity contribution in [1.29, 1.82) is 0 Å². The molecular formula is C14H18N2O5. The van der Waals surface area contributed by atoms with Crippen LogP contribution in [0.4, 0.5) is 10.5 Å². The van der Waals surface area contributed by atoms with Crippen molar-refractivity contribution in [3.63, 3.8) is 0 Å². The molecule has 0 saturated carbocycles. The van der Waals surface area contributed by atoms with Crippen molar-refractivity contribution in [2.24, 2.45) is 0 Å². The number of hydrogen-bond acceptors (Lipinski definition) is 4. The van der Waals surface area contributed by atoms with Gasteiger partial charge in [-0.3, -0.25) is 0 Å². The number of hydrogen-bond donors (Lipinski definition) is 4. The predicted molar refractivity (Wildman–Crippen MR) is 75.7 cm³/mol. The first-order valence-corrected chi connectivity index (χ1v) is 6.71. The Morgan fingerprint density at radius 1 is 1.38 bits per heavy atom. The topological polar surface area (TPSA) is 108 Å². The predicted octanol–water partition coefficient (Wildman–Crippen LogP) is 1.78. The van der Waals surface area contributed by atoms with Crippen molar-refractivity contribution >= 4 is 17.7 Å². The molecule has 1 saturated heterocycles. The zero-order chi connectivity index (χ0) is 15.4. The zero-order valence-electron chi connectivity index (χ0n) is 11.6. The summed E-state index contributed by atoms with van der Waals surface area (Å²) >= 11 is 0. The average molecular weight is 294 g/mol. The lowest BCUT2D eigenvalue weighted by Crippen LogP contribution is -2.43. The number of para-hydroxylation sites is 1. The third-order valence-electron chi connectivity index (χ3n) is 3.33. The van der Waals surface area contributed by atoms with Crippen LogP contribution in [0.25, 0.3) is 0 Å². The maximum Gasteiger partial charge on any atom is 0.339 e. The summed E-state index contributed by atoms with van der Waals surface area (Å²) in [6.45, 7) is 2.53. The van der Waals surface area contributed by atoms with Gasteiger partial charge in [0.25, 0.3) is 0 Å². The van der Waals surface area contributed by atoms with Crippen LogP contribution >= 0.6 is 0 Å². The van der Waals surface area contributed by atoms with Crippen LogP contribution in [-0.4, -0.2) is 41.0 Å². The van der Waals surface area contributed by atoms with E-state index in [2.05, 4.69) is 10.6 Å². The minimum Gasteiger partial charge on any atom is -0.505 e. The molecule has 1 aliphatic rings. The second-order valence-corrected chi connectivity index (χ2v) is 5.01. The third-order valence-corrected chi connectivity index (χ3v) is 3.33. The number of carbonyl (C=O) groups excluding carboxylic acids is 1. The van der Waals surface area contributed by atoms with E-state index in [1.54, 1.807) is 0 Å². The molecule has 7 heteroatoms. The molecule has 0 bridgehead atoms. The van der Waals surface area contributed by atoms with Crippen molar-refractivity contribution in [1.82, 2.24) is 5.32 Å². The van der Waals surface area contributed by atoms with Gasteiger partial charge in [0, 0.05) is 12.6 Å². The lowest BCUT2D eigenvalue weighted by Gasteiger charge is -2.28. The second-order valence-electron chi connectivity index (χ2n) is 5.01. The molecule has 1 heterocycles. The highest BCUT2D eigenvalue weighted by molar-refractivity contribution is 5.97. The number of carboxylic acids is 1. The van der Waals surface area contributed by atoms with E-state index in [1.165, 1.54) is 18.2 Å². The molecule has 21 heavy (non-hydrogen) atoms. The van der Waals surface area contributed by atoms with Gasteiger partial charge in [-0.1, -0.05) is 6.07 Å². The van der Waals surface area contributed by atoms with Gasteiger partial charge in [-0.05, 0) is 31.9 Å². The van der Waals surface area contributed by atoms with E-state index in [0.29, 0.717) is 13.0 Å². The van der Waals surface area contributed by atoms with Crippen LogP contribution in [0.3, 0.4) is 0 Å². The van der Waals surface area contributed by atoms with Gasteiger partial charge in [-0.25, -0.2) is 9.59 Å². The first-order valence-electron chi connectivity index (χ1n) is 6.71. The summed E-state index contributed by atoms with van der Waals surface area (Å²) < 4.78 is 5.39. The van der Waals surface area contributed by atoms with Crippen LogP contribution in [0.15, 0.2) is 18.2 Å². The van der Waals surface area contributed by atoms with E-state index in [1.807, 2.05) is 6.92 Å². The monoisotopic (exact) mass is 294 g/mol. The fraction of sp³-hybridized carbons (Fsp3) is 0.429. The Hall–Kier alpha value is -2.28. The van der Waals surface area contributed by atoms with Gasteiger partial charge in [0.2, 0.25) is 0 Å². The van der Waals surface area contributed by atoms with Gasteiger partial charge in [0.1, 0.15) is 5.56 Å². The SMILES string of the molecule is CC1CC(NC(=O)Nc2cccc(C(=O)O)c2O)CCO1. The van der Waals surface area contributed by atoms with Gasteiger partial charge in [0.05, 0.1) is 11.8 Å². The average Bonchev–Trinajstić information content (AvgIpc) is 2.40. The summed E-state index contributed by atoms with van der Waals surface area (Å²) in [6, 6.07) is 3.68. The molecule has 1 aliphatic heterocycles. The van der Waals surface area contributed by atoms with Gasteiger partial charge >= 0.3 is 12.0 Å². The number of benzene rings is 1. The Kier molecular flexibility index (Phi) is 4.64. The molecule has 7 nitrogen and oxygen atoms in total. The molecule has 2 amide bonds. The molecule has 0 spiro atoms. The molecule has 0 aromatic heterocycles. The number of anilines is 1. The summed E-state index contributed by atoms with van der Waals surface area (Å²) in [7, 11) is 0. The summed E-state index contributed by atoms with van der Waals surface area (Å²) in [5, 5.41) is 24.0. The highest BCUT2D eigenvalue weighted by atomic mass is 16.5. The second kappa shape index (κ2) is 6.45. The van der Waals surface area contributed by atoms with E-state index >= 15 is 0 Å². The molecule has 2 atom stereocenters. The number of aromatic carboxylic acids is 1. The Labute approximate surface area is 121 Å². The molecule has 1 aromatic carbocycles. The van der Waals surface area contributed by atoms with Gasteiger partial charge in [-0.15, -0.1) is 0 Å². The summed E-state index contributed by atoms with van der Waals surface area (Å²) in [6.07, 6.45) is 1.53. The van der Waals surface area contributed by atoms with E-state index in [0.717, 1.165) is 6.42 Å². The van der Waals surface area contributed by atoms with Crippen LogP contribution in [-0.2, 0) is 4.74 Å². The third kappa shape index (κ3) is 3.85. The standard InChI is InChI=1S/C14H18N2O5/c1-8-7-9(5-6-21-8)15-14(20)16-11-4-2-3-10(12(11)17)13(18)19/h2-4,8-9,17H,5-7H2,1H3,(H,18,19)(H2,15,16,20). The Morgan fingerprint density at radius 2 is 2.14 bits per heavy atom. The van der Waals surface area contributed by atoms with E-state index < -0.39 is 17.7 Å². The van der Waals surface area contributed by atoms with E-state index in [9.17, 15) is 14.7 Å². The first-order chi connectivity index (χ1) is 9.97. The number of phenols is 1. The van der Waals surface area contributed by atoms with Gasteiger partial charge < -0.3 is 25.6 Å². The summed E-state index contributed by atoms with van der Waals surface area (Å²) in [5.74, 6) is -1.71. The Balaban J connectivity index is 1.99. The van der Waals surface area contributed by atoms with Crippen molar-refractivity contribution in [2.45, 2.75) is 31.9 Å². The summed E-state index contributed by atoms with van der Waals surface area (Å²) in [5.41, 5.74) is -0.194. The van der Waals surface area contributed by atoms with Crippen molar-refractivity contribution < 1.29 is 24.5 Å². The number of ether oxygens (including phenoxy) is 1. The number of aromatic hydroxyl groups is 1. The fourth-order valence-electron chi connectivity index (χ4n) is 2.29. The minimum absolute atomic E-state index is 0.00134. The zero-order valence-corrected chi connectivity index (χ0v) is 11.6. The molecule has 0 radical (unpaired) electrons. The fourth-order valence-corrected chi connectivity index (χ4v) is 2.29. The normalized spacial score (nSPS) is 21.6. The number of nitrogens with one attached hydrogen (secondary N) is 2. The van der Waals surface area contributed by atoms with Crippen LogP contribution in [0.1, 0.15) is 30.1 Å². The number of carbonyl (C=O) groups is 2. The number of rotatable bonds is 3. The highest BCUT2D eigenvalue weighted by Gasteiger charge is 2.21. The maximum atomic E-state index is 11.9. The molecule has 2 unspecified atom stereocenters. The van der Waals surface area contributed by atoms with Crippen LogP contribution in [0, 0.1) is 0 Å². The molecular weight excluding hydrogens is 276 g/mol. The van der Waals surface area contributed by atoms with Crippen LogP contribution in [0.2, 0.25) is 0 Å². The highest BCUT2D eigenvalue weighted by Crippen LogP contribution is 2.27. The molecule has 4 N–H and O–H groups in total. The Bertz CT molecular complexity index is 546. The largest absolute Gasteiger partial charge is 0.505 e. The van der Waals surface area contributed by atoms with E-state index in [-0.39, 0.29) is 23.4 Å². The molecule has 1 fully saturated rings. The maximum absolute atomic E-state index is 11.9. The lowest BCUT2D eigenvalue weighted by molar-refractivity contribution is 0.0157. The van der Waals surface area contributed by atoms with Gasteiger partial charge in [0.15, 0.2) is 5.75 Å². The number of carboxylic acid groups (broad SMARTS) is 1. The van der Waals surface area contributed by atoms with Crippen molar-refractivity contribution in [2.75, 3.05) is 11.9 Å². The Morgan fingerprint density at radius 3 is 2.81 bits per heavy atom. The summed E-state index contributed by atoms with van der Waals surface area (Å²) in [4.78, 5) is 22.8. The smallest absolute Gasteiger partial charge is 0.339 e. The molecule has 1 aromatic rings. The number of amides is 2. The first kappa shape index (κ1) is 15.1. The van der Waals surface area contributed by atoms with E-state index in [4.69, 9.17) is 9.84 Å². The minimum atomic E-state index is -1.25. The quantitative estimate of drug-likeness (QED) is 0.635. The van der Waals surface area contributed by atoms with Crippen LogP contribution in [0.5, 0.6) is 5.75 Å². The van der Waals surface area contributed by atoms with Crippen LogP contribution < -0.4 is 10.6 Å². The lowest BCUT2D eigenvalue weighted by atomic mass is 10.0. The van der Waals surface area contributed by atoms with Crippen molar-refractivity contribution in [3.8, 4) is 5.75 Å². The van der Waals surface area contributed by atoms with Crippen molar-refractivity contribution in [3.05, 3.63) is 23.8 Å². The number of urea groups is 1. The molecule has 0 aliphatic carbocycles. The molecule has 114 valence electrons.